The number of benzene rings is 2. The van der Waals surface area contributed by atoms with Crippen molar-refractivity contribution in [1.82, 2.24) is 14.5 Å². The lowest BCUT2D eigenvalue weighted by Gasteiger charge is -2.24. The smallest absolute Gasteiger partial charge is 0.330 e. The van der Waals surface area contributed by atoms with E-state index in [1.807, 2.05) is 44.2 Å². The fourth-order valence-electron chi connectivity index (χ4n) is 4.65. The quantitative estimate of drug-likeness (QED) is 0.531. The van der Waals surface area contributed by atoms with E-state index in [-0.39, 0.29) is 18.8 Å². The molecule has 0 unspecified atom stereocenters. The van der Waals surface area contributed by atoms with Crippen LogP contribution in [-0.4, -0.2) is 35.9 Å². The number of nitrogens with one attached hydrogen (secondary N) is 1. The van der Waals surface area contributed by atoms with E-state index >= 15 is 0 Å². The fourth-order valence-corrected chi connectivity index (χ4v) is 4.65. The van der Waals surface area contributed by atoms with Crippen LogP contribution in [0.3, 0.4) is 0 Å². The number of fused-ring (bicyclic) bond motifs is 3. The molecule has 4 rings (SSSR count). The number of primary amides is 1. The van der Waals surface area contributed by atoms with E-state index < -0.39 is 6.03 Å². The Morgan fingerprint density at radius 2 is 1.81 bits per heavy atom. The summed E-state index contributed by atoms with van der Waals surface area (Å²) < 4.78 is 14.3. The molecular weight excluding hydrogens is 458 g/mol. The first-order chi connectivity index (χ1) is 17.3. The maximum absolute atomic E-state index is 13.7. The molecule has 0 radical (unpaired) electrons. The number of aromatic nitrogens is 2. The predicted molar refractivity (Wildman–Crippen MR) is 140 cm³/mol. The molecule has 0 fully saturated rings. The Bertz CT molecular complexity index is 1460. The van der Waals surface area contributed by atoms with E-state index in [1.54, 1.807) is 29.4 Å². The van der Waals surface area contributed by atoms with E-state index in [4.69, 9.17) is 20.2 Å². The molecule has 3 aromatic rings. The molecule has 36 heavy (non-hydrogen) atoms. The first-order valence-corrected chi connectivity index (χ1v) is 11.7. The minimum absolute atomic E-state index is 0.200. The first-order valence-electron chi connectivity index (χ1n) is 11.7. The maximum Gasteiger partial charge on any atom is 0.330 e. The molecule has 1 aliphatic rings. The molecule has 0 atom stereocenters. The number of hydrogen-bond donors (Lipinski definition) is 2. The van der Waals surface area contributed by atoms with Gasteiger partial charge in [0.25, 0.3) is 0 Å². The molecule has 2 aromatic carbocycles. The largest absolute Gasteiger partial charge is 0.493 e. The Morgan fingerprint density at radius 1 is 1.14 bits per heavy atom. The Hall–Kier alpha value is -4.27. The minimum atomic E-state index is -0.645. The van der Waals surface area contributed by atoms with E-state index in [1.165, 1.54) is 0 Å². The van der Waals surface area contributed by atoms with Crippen molar-refractivity contribution >= 4 is 17.8 Å². The summed E-state index contributed by atoms with van der Waals surface area (Å²) in [6.07, 6.45) is 2.46. The normalized spacial score (nSPS) is 12.5. The lowest BCUT2D eigenvalue weighted by Crippen LogP contribution is -2.44. The van der Waals surface area contributed by atoms with E-state index in [0.29, 0.717) is 30.0 Å². The van der Waals surface area contributed by atoms with Gasteiger partial charge in [-0.25, -0.2) is 14.6 Å². The van der Waals surface area contributed by atoms with Crippen molar-refractivity contribution < 1.29 is 14.3 Å². The highest BCUT2D eigenvalue weighted by molar-refractivity contribution is 5.71. The van der Waals surface area contributed by atoms with Gasteiger partial charge < -0.3 is 20.5 Å². The van der Waals surface area contributed by atoms with Crippen LogP contribution in [0.25, 0.3) is 17.3 Å². The molecule has 2 heterocycles. The average molecular weight is 490 g/mol. The van der Waals surface area contributed by atoms with Crippen LogP contribution in [0, 0.1) is 13.8 Å². The van der Waals surface area contributed by atoms with Crippen LogP contribution >= 0.6 is 0 Å². The molecular formula is C27H31N5O4. The van der Waals surface area contributed by atoms with Crippen LogP contribution in [-0.2, 0) is 19.5 Å². The second-order valence-electron chi connectivity index (χ2n) is 8.70. The summed E-state index contributed by atoms with van der Waals surface area (Å²) in [6.45, 7) is 8.75. The zero-order valence-corrected chi connectivity index (χ0v) is 21.1. The molecule has 9 nitrogen and oxygen atoms in total. The summed E-state index contributed by atoms with van der Waals surface area (Å²) in [5, 5.41) is 2.56. The van der Waals surface area contributed by atoms with Gasteiger partial charge in [-0.05, 0) is 66.8 Å². The zero-order chi connectivity index (χ0) is 26.0. The Kier molecular flexibility index (Phi) is 7.00. The summed E-state index contributed by atoms with van der Waals surface area (Å²) in [5.41, 5.74) is 11.9. The third-order valence-electron chi connectivity index (χ3n) is 6.40. The highest BCUT2D eigenvalue weighted by Crippen LogP contribution is 2.37. The van der Waals surface area contributed by atoms with Gasteiger partial charge in [0.05, 0.1) is 25.6 Å². The lowest BCUT2D eigenvalue weighted by molar-refractivity contribution is 0.248. The Morgan fingerprint density at radius 3 is 2.42 bits per heavy atom. The van der Waals surface area contributed by atoms with Gasteiger partial charge in [0.15, 0.2) is 11.5 Å². The number of carbonyl (C=O) groups is 1. The second-order valence-corrected chi connectivity index (χ2v) is 8.70. The number of rotatable bonds is 7. The van der Waals surface area contributed by atoms with Crippen LogP contribution in [0.2, 0.25) is 0 Å². The molecule has 1 aliphatic heterocycles. The first kappa shape index (κ1) is 24.8. The molecule has 3 N–H and O–H groups in total. The summed E-state index contributed by atoms with van der Waals surface area (Å²) in [7, 11) is 3.19. The lowest BCUT2D eigenvalue weighted by atomic mass is 9.97. The van der Waals surface area contributed by atoms with E-state index in [0.717, 1.165) is 39.2 Å². The molecule has 2 amide bonds. The topological polar surface area (TPSA) is 113 Å². The van der Waals surface area contributed by atoms with Gasteiger partial charge in [-0.2, -0.15) is 0 Å². The van der Waals surface area contributed by atoms with Crippen LogP contribution in [0.1, 0.15) is 22.3 Å². The number of methoxy groups -OCH3 is 2. The van der Waals surface area contributed by atoms with Gasteiger partial charge >= 0.3 is 11.7 Å². The number of ether oxygens (including phenoxy) is 2. The number of hydrogen-bond acceptors (Lipinski definition) is 5. The van der Waals surface area contributed by atoms with E-state index in [9.17, 15) is 9.59 Å². The number of urea groups is 1. The fraction of sp³-hybridized carbons (Fsp3) is 0.296. The number of carbonyl (C=O) groups excluding carboxylic acids is 1. The highest BCUT2D eigenvalue weighted by atomic mass is 16.5. The molecule has 9 heteroatoms. The van der Waals surface area contributed by atoms with Gasteiger partial charge in [0.2, 0.25) is 0 Å². The summed E-state index contributed by atoms with van der Waals surface area (Å²) in [4.78, 5) is 29.9. The predicted octanol–water partition coefficient (Wildman–Crippen LogP) is 3.05. The van der Waals surface area contributed by atoms with E-state index in [2.05, 4.69) is 11.9 Å². The van der Waals surface area contributed by atoms with Gasteiger partial charge in [-0.15, -0.1) is 0 Å². The molecule has 1 aromatic heterocycles. The third-order valence-corrected chi connectivity index (χ3v) is 6.40. The van der Waals surface area contributed by atoms with Crippen LogP contribution < -0.4 is 31.7 Å². The Labute approximate surface area is 209 Å². The molecule has 0 spiro atoms. The van der Waals surface area contributed by atoms with Crippen molar-refractivity contribution in [2.24, 2.45) is 10.7 Å². The number of amides is 2. The number of nitrogens with zero attached hydrogens (tertiary/aromatic N) is 3. The molecule has 0 bridgehead atoms. The zero-order valence-electron chi connectivity index (χ0n) is 21.1. The minimum Gasteiger partial charge on any atom is -0.493 e. The number of nitrogens with two attached hydrogens (primary N) is 1. The summed E-state index contributed by atoms with van der Waals surface area (Å²) >= 11 is 0. The molecule has 0 saturated carbocycles. The van der Waals surface area contributed by atoms with Gasteiger partial charge in [0, 0.05) is 31.3 Å². The molecule has 0 saturated heterocycles. The van der Waals surface area contributed by atoms with Crippen molar-refractivity contribution in [3.05, 3.63) is 75.1 Å². The Balaban J connectivity index is 1.98. The van der Waals surface area contributed by atoms with Crippen molar-refractivity contribution in [2.75, 3.05) is 20.8 Å². The van der Waals surface area contributed by atoms with Crippen LogP contribution in [0.5, 0.6) is 11.5 Å². The van der Waals surface area contributed by atoms with Crippen molar-refractivity contribution in [1.29, 1.82) is 0 Å². The van der Waals surface area contributed by atoms with Crippen LogP contribution in [0.4, 0.5) is 10.5 Å². The second kappa shape index (κ2) is 10.2. The van der Waals surface area contributed by atoms with Crippen LogP contribution in [0.15, 0.2) is 46.7 Å². The van der Waals surface area contributed by atoms with Crippen molar-refractivity contribution in [3.63, 3.8) is 0 Å². The van der Waals surface area contributed by atoms with Gasteiger partial charge in [0.1, 0.15) is 5.49 Å². The highest BCUT2D eigenvalue weighted by Gasteiger charge is 2.22. The maximum atomic E-state index is 13.7. The van der Waals surface area contributed by atoms with Gasteiger partial charge in [-0.3, -0.25) is 9.13 Å². The molecule has 188 valence electrons. The summed E-state index contributed by atoms with van der Waals surface area (Å²) in [6, 6.07) is 9.14. The average Bonchev–Trinajstić information content (AvgIpc) is 2.86. The standard InChI is InChI=1S/C27H31N5O4/c1-6-18-11-16(2)25(17(3)12-18)30-24-15-21-20-14-23(36-5)22(35-4)13-19(20)7-9-31(21)27(34)32(24)10-8-29-26(28)33/h6,11-15H,1,7-10H2,2-5H3,(H3,28,29,33). The monoisotopic (exact) mass is 489 g/mol. The number of aryl methyl sites for hydroxylation is 3. The van der Waals surface area contributed by atoms with Crippen molar-refractivity contribution in [3.8, 4) is 22.8 Å². The third kappa shape index (κ3) is 4.64. The molecule has 0 aliphatic carbocycles. The van der Waals surface area contributed by atoms with Crippen molar-refractivity contribution in [2.45, 2.75) is 33.4 Å². The van der Waals surface area contributed by atoms with Gasteiger partial charge in [-0.1, -0.05) is 12.7 Å². The SMILES string of the molecule is C=Cc1cc(C)c(N=c2cc3n(c(=O)n2CCNC(N)=O)CCc2cc(OC)c(OC)cc2-3)c(C)c1. The summed E-state index contributed by atoms with van der Waals surface area (Å²) in [5.74, 6) is 1.23.